The number of hydrogen-bond acceptors (Lipinski definition) is 2. The normalized spacial score (nSPS) is 18.4. The molecule has 124 valence electrons. The van der Waals surface area contributed by atoms with Gasteiger partial charge in [-0.25, -0.2) is 0 Å². The highest BCUT2D eigenvalue weighted by Gasteiger charge is 2.17. The molecule has 1 aliphatic rings. The third-order valence-electron chi connectivity index (χ3n) is 4.61. The maximum atomic E-state index is 12.2. The first-order valence-electron chi connectivity index (χ1n) is 8.22. The Hall–Kier alpha value is -1.58. The standard InChI is InChI=1S/C19H24N2O.ClH/c1-14(21-19(22)10-9-15-11-12-20-13-15)17-8-4-6-16-5-2-3-7-18(16)17;/h2-8,14-15,20H,9-13H2,1H3,(H,21,22);1H. The minimum atomic E-state index is 0. The van der Waals surface area contributed by atoms with Gasteiger partial charge in [-0.3, -0.25) is 4.79 Å². The average Bonchev–Trinajstić information content (AvgIpc) is 3.06. The molecular weight excluding hydrogens is 308 g/mol. The Morgan fingerprint density at radius 3 is 2.83 bits per heavy atom. The van der Waals surface area contributed by atoms with Gasteiger partial charge in [0.2, 0.25) is 5.91 Å². The first-order chi connectivity index (χ1) is 10.7. The fourth-order valence-electron chi connectivity index (χ4n) is 3.32. The van der Waals surface area contributed by atoms with Gasteiger partial charge in [-0.15, -0.1) is 12.4 Å². The van der Waals surface area contributed by atoms with Crippen LogP contribution in [0.25, 0.3) is 10.8 Å². The molecule has 0 saturated carbocycles. The third-order valence-corrected chi connectivity index (χ3v) is 4.61. The summed E-state index contributed by atoms with van der Waals surface area (Å²) >= 11 is 0. The van der Waals surface area contributed by atoms with Crippen LogP contribution in [0.3, 0.4) is 0 Å². The van der Waals surface area contributed by atoms with Crippen LogP contribution in [0.2, 0.25) is 0 Å². The molecule has 1 aliphatic heterocycles. The second-order valence-electron chi connectivity index (χ2n) is 6.26. The number of amides is 1. The third kappa shape index (κ3) is 4.46. The smallest absolute Gasteiger partial charge is 0.220 e. The lowest BCUT2D eigenvalue weighted by atomic mass is 9.99. The summed E-state index contributed by atoms with van der Waals surface area (Å²) in [5.74, 6) is 0.825. The summed E-state index contributed by atoms with van der Waals surface area (Å²) in [6.45, 7) is 4.22. The zero-order valence-electron chi connectivity index (χ0n) is 13.5. The molecule has 1 heterocycles. The number of nitrogens with one attached hydrogen (secondary N) is 2. The monoisotopic (exact) mass is 332 g/mol. The highest BCUT2D eigenvalue weighted by Crippen LogP contribution is 2.24. The molecule has 2 aromatic rings. The van der Waals surface area contributed by atoms with Gasteiger partial charge in [-0.2, -0.15) is 0 Å². The van der Waals surface area contributed by atoms with Crippen LogP contribution in [0.4, 0.5) is 0 Å². The van der Waals surface area contributed by atoms with E-state index in [0.717, 1.165) is 19.5 Å². The number of carbonyl (C=O) groups excluding carboxylic acids is 1. The number of hydrogen-bond donors (Lipinski definition) is 2. The van der Waals surface area contributed by atoms with E-state index in [1.807, 2.05) is 12.1 Å². The van der Waals surface area contributed by atoms with E-state index in [1.165, 1.54) is 22.8 Å². The van der Waals surface area contributed by atoms with Crippen molar-refractivity contribution >= 4 is 29.1 Å². The Bertz CT molecular complexity index is 647. The summed E-state index contributed by atoms with van der Waals surface area (Å²) in [6.07, 6.45) is 2.81. The SMILES string of the molecule is CC(NC(=O)CCC1CCNC1)c1cccc2ccccc12.Cl. The number of carbonyl (C=O) groups is 1. The van der Waals surface area contributed by atoms with Crippen LogP contribution in [-0.4, -0.2) is 19.0 Å². The Morgan fingerprint density at radius 1 is 1.26 bits per heavy atom. The van der Waals surface area contributed by atoms with Crippen LogP contribution in [0.1, 0.15) is 37.8 Å². The largest absolute Gasteiger partial charge is 0.350 e. The van der Waals surface area contributed by atoms with E-state index in [4.69, 9.17) is 0 Å². The van der Waals surface area contributed by atoms with Gasteiger partial charge in [0, 0.05) is 6.42 Å². The number of fused-ring (bicyclic) bond motifs is 1. The van der Waals surface area contributed by atoms with Crippen molar-refractivity contribution in [1.82, 2.24) is 10.6 Å². The van der Waals surface area contributed by atoms with Crippen molar-refractivity contribution in [3.05, 3.63) is 48.0 Å². The average molecular weight is 333 g/mol. The van der Waals surface area contributed by atoms with E-state index in [0.29, 0.717) is 12.3 Å². The van der Waals surface area contributed by atoms with E-state index in [2.05, 4.69) is 47.9 Å². The zero-order chi connectivity index (χ0) is 15.4. The van der Waals surface area contributed by atoms with Crippen LogP contribution in [-0.2, 0) is 4.79 Å². The van der Waals surface area contributed by atoms with Crippen molar-refractivity contribution in [3.63, 3.8) is 0 Å². The Kier molecular flexibility index (Phi) is 6.43. The zero-order valence-corrected chi connectivity index (χ0v) is 14.4. The number of rotatable bonds is 5. The molecule has 2 unspecified atom stereocenters. The van der Waals surface area contributed by atoms with E-state index >= 15 is 0 Å². The molecule has 1 fully saturated rings. The van der Waals surface area contributed by atoms with E-state index < -0.39 is 0 Å². The highest BCUT2D eigenvalue weighted by molar-refractivity contribution is 5.87. The molecule has 1 saturated heterocycles. The molecule has 0 radical (unpaired) electrons. The van der Waals surface area contributed by atoms with Gasteiger partial charge in [0.25, 0.3) is 0 Å². The number of halogens is 1. The van der Waals surface area contributed by atoms with Gasteiger partial charge < -0.3 is 10.6 Å². The van der Waals surface area contributed by atoms with Crippen molar-refractivity contribution in [3.8, 4) is 0 Å². The van der Waals surface area contributed by atoms with Crippen molar-refractivity contribution in [2.75, 3.05) is 13.1 Å². The van der Waals surface area contributed by atoms with Crippen LogP contribution >= 0.6 is 12.4 Å². The van der Waals surface area contributed by atoms with Crippen LogP contribution in [0.15, 0.2) is 42.5 Å². The molecule has 1 amide bonds. The van der Waals surface area contributed by atoms with Crippen molar-refractivity contribution in [1.29, 1.82) is 0 Å². The lowest BCUT2D eigenvalue weighted by molar-refractivity contribution is -0.122. The Balaban J connectivity index is 0.00000192. The van der Waals surface area contributed by atoms with Crippen molar-refractivity contribution < 1.29 is 4.79 Å². The highest BCUT2D eigenvalue weighted by atomic mass is 35.5. The molecule has 2 aromatic carbocycles. The summed E-state index contributed by atoms with van der Waals surface area (Å²) in [7, 11) is 0. The molecule has 2 atom stereocenters. The summed E-state index contributed by atoms with van der Waals surface area (Å²) in [5, 5.41) is 8.94. The second kappa shape index (κ2) is 8.32. The molecule has 23 heavy (non-hydrogen) atoms. The summed E-state index contributed by atoms with van der Waals surface area (Å²) in [6, 6.07) is 14.6. The summed E-state index contributed by atoms with van der Waals surface area (Å²) in [4.78, 5) is 12.2. The quantitative estimate of drug-likeness (QED) is 0.873. The van der Waals surface area contributed by atoms with E-state index in [9.17, 15) is 4.79 Å². The van der Waals surface area contributed by atoms with Crippen molar-refractivity contribution in [2.45, 2.75) is 32.2 Å². The Morgan fingerprint density at radius 2 is 2.04 bits per heavy atom. The van der Waals surface area contributed by atoms with Gasteiger partial charge >= 0.3 is 0 Å². The summed E-state index contributed by atoms with van der Waals surface area (Å²) in [5.41, 5.74) is 1.19. The molecule has 0 spiro atoms. The topological polar surface area (TPSA) is 41.1 Å². The molecule has 3 rings (SSSR count). The summed E-state index contributed by atoms with van der Waals surface area (Å²) < 4.78 is 0. The molecule has 4 heteroatoms. The predicted molar refractivity (Wildman–Crippen MR) is 98.0 cm³/mol. The van der Waals surface area contributed by atoms with Gasteiger partial charge in [-0.05, 0) is 55.1 Å². The van der Waals surface area contributed by atoms with Gasteiger partial charge in [0.15, 0.2) is 0 Å². The minimum Gasteiger partial charge on any atom is -0.350 e. The van der Waals surface area contributed by atoms with E-state index in [1.54, 1.807) is 0 Å². The molecular formula is C19H25ClN2O. The fourth-order valence-corrected chi connectivity index (χ4v) is 3.32. The molecule has 2 N–H and O–H groups in total. The second-order valence-corrected chi connectivity index (χ2v) is 6.26. The Labute approximate surface area is 144 Å². The van der Waals surface area contributed by atoms with Crippen LogP contribution < -0.4 is 10.6 Å². The fraction of sp³-hybridized carbons (Fsp3) is 0.421. The molecule has 0 aliphatic carbocycles. The lowest BCUT2D eigenvalue weighted by Gasteiger charge is -2.17. The molecule has 3 nitrogen and oxygen atoms in total. The molecule has 0 bridgehead atoms. The van der Waals surface area contributed by atoms with Crippen molar-refractivity contribution in [2.24, 2.45) is 5.92 Å². The lowest BCUT2D eigenvalue weighted by Crippen LogP contribution is -2.27. The molecule has 0 aromatic heterocycles. The predicted octanol–water partition coefficient (Wildman–Crippen LogP) is 3.83. The maximum absolute atomic E-state index is 12.2. The van der Waals surface area contributed by atoms with Gasteiger partial charge in [0.05, 0.1) is 6.04 Å². The van der Waals surface area contributed by atoms with Crippen LogP contribution in [0, 0.1) is 5.92 Å². The minimum absolute atomic E-state index is 0. The number of benzene rings is 2. The maximum Gasteiger partial charge on any atom is 0.220 e. The first kappa shape index (κ1) is 17.8. The van der Waals surface area contributed by atoms with Crippen LogP contribution in [0.5, 0.6) is 0 Å². The van der Waals surface area contributed by atoms with E-state index in [-0.39, 0.29) is 24.4 Å². The first-order valence-corrected chi connectivity index (χ1v) is 8.22. The van der Waals surface area contributed by atoms with Gasteiger partial charge in [-0.1, -0.05) is 42.5 Å². The van der Waals surface area contributed by atoms with Gasteiger partial charge in [0.1, 0.15) is 0 Å².